The molecule has 2 rings (SSSR count). The zero-order valence-electron chi connectivity index (χ0n) is 10.2. The second kappa shape index (κ2) is 5.52. The average Bonchev–Trinajstić information content (AvgIpc) is 2.83. The van der Waals surface area contributed by atoms with Crippen LogP contribution in [0.15, 0.2) is 33.8 Å². The van der Waals surface area contributed by atoms with Crippen molar-refractivity contribution in [2.45, 2.75) is 10.2 Å². The minimum absolute atomic E-state index is 0.204. The monoisotopic (exact) mass is 295 g/mol. The standard InChI is InChI=1S/C9H9N7O3S/c1-15-9(11-4-12-15)20-6-3-2-5(16(18)19)7(13-6)8(10)14-17/h2-4,17H,1H3,(H2,10,14). The predicted octanol–water partition coefficient (Wildman–Crippen LogP) is 0.364. The summed E-state index contributed by atoms with van der Waals surface area (Å²) < 4.78 is 1.52. The molecule has 0 aliphatic carbocycles. The number of nitrogens with two attached hydrogens (primary N) is 1. The molecule has 2 aromatic heterocycles. The molecule has 3 N–H and O–H groups in total. The van der Waals surface area contributed by atoms with Gasteiger partial charge in [0, 0.05) is 13.1 Å². The van der Waals surface area contributed by atoms with Gasteiger partial charge in [-0.3, -0.25) is 10.1 Å². The van der Waals surface area contributed by atoms with Crippen molar-refractivity contribution in [2.75, 3.05) is 0 Å². The SMILES string of the molecule is Cn1ncnc1Sc1ccc([N+](=O)[O-])c(/C(N)=N/O)n1. The Hall–Kier alpha value is -2.69. The molecule has 0 saturated heterocycles. The third kappa shape index (κ3) is 2.66. The van der Waals surface area contributed by atoms with Crippen LogP contribution in [-0.4, -0.2) is 35.7 Å². The number of pyridine rings is 1. The van der Waals surface area contributed by atoms with E-state index in [0.29, 0.717) is 10.2 Å². The van der Waals surface area contributed by atoms with E-state index < -0.39 is 10.8 Å². The lowest BCUT2D eigenvalue weighted by atomic mass is 10.3. The van der Waals surface area contributed by atoms with Crippen LogP contribution in [0.5, 0.6) is 0 Å². The zero-order valence-corrected chi connectivity index (χ0v) is 11.0. The molecule has 0 aliphatic heterocycles. The molecule has 2 aromatic rings. The normalized spacial score (nSPS) is 11.6. The van der Waals surface area contributed by atoms with Gasteiger partial charge in [0.15, 0.2) is 16.7 Å². The van der Waals surface area contributed by atoms with E-state index in [-0.39, 0.29) is 11.4 Å². The summed E-state index contributed by atoms with van der Waals surface area (Å²) in [6.07, 6.45) is 1.37. The van der Waals surface area contributed by atoms with Gasteiger partial charge in [-0.2, -0.15) is 5.10 Å². The van der Waals surface area contributed by atoms with Gasteiger partial charge in [0.05, 0.1) is 4.92 Å². The maximum absolute atomic E-state index is 10.9. The molecule has 20 heavy (non-hydrogen) atoms. The number of amidine groups is 1. The number of oxime groups is 1. The Balaban J connectivity index is 2.42. The number of aromatic nitrogens is 4. The lowest BCUT2D eigenvalue weighted by molar-refractivity contribution is -0.385. The van der Waals surface area contributed by atoms with Crippen LogP contribution in [0.1, 0.15) is 5.69 Å². The van der Waals surface area contributed by atoms with Crippen molar-refractivity contribution in [1.82, 2.24) is 19.7 Å². The molecular weight excluding hydrogens is 286 g/mol. The van der Waals surface area contributed by atoms with Crippen molar-refractivity contribution in [3.63, 3.8) is 0 Å². The molecule has 0 unspecified atom stereocenters. The van der Waals surface area contributed by atoms with Crippen molar-refractivity contribution in [3.8, 4) is 0 Å². The Morgan fingerprint density at radius 2 is 2.35 bits per heavy atom. The third-order valence-electron chi connectivity index (χ3n) is 2.26. The molecule has 0 spiro atoms. The molecule has 2 heterocycles. The van der Waals surface area contributed by atoms with Gasteiger partial charge >= 0.3 is 0 Å². The summed E-state index contributed by atoms with van der Waals surface area (Å²) in [5.74, 6) is -0.433. The molecule has 0 fully saturated rings. The van der Waals surface area contributed by atoms with E-state index >= 15 is 0 Å². The van der Waals surface area contributed by atoms with E-state index in [4.69, 9.17) is 10.9 Å². The van der Waals surface area contributed by atoms with Crippen LogP contribution in [0.3, 0.4) is 0 Å². The summed E-state index contributed by atoms with van der Waals surface area (Å²) in [6, 6.07) is 2.69. The number of nitrogens with zero attached hydrogens (tertiary/aromatic N) is 6. The fourth-order valence-corrected chi connectivity index (χ4v) is 2.08. The van der Waals surface area contributed by atoms with E-state index in [1.54, 1.807) is 7.05 Å². The maximum atomic E-state index is 10.9. The molecule has 0 saturated carbocycles. The van der Waals surface area contributed by atoms with Gasteiger partial charge < -0.3 is 10.9 Å². The summed E-state index contributed by atoms with van der Waals surface area (Å²) in [4.78, 5) is 18.2. The first kappa shape index (κ1) is 13.7. The van der Waals surface area contributed by atoms with Gasteiger partial charge in [0.1, 0.15) is 11.4 Å². The Labute approximate surface area is 116 Å². The maximum Gasteiger partial charge on any atom is 0.298 e. The average molecular weight is 295 g/mol. The van der Waals surface area contributed by atoms with Crippen LogP contribution >= 0.6 is 11.8 Å². The summed E-state index contributed by atoms with van der Waals surface area (Å²) >= 11 is 1.15. The van der Waals surface area contributed by atoms with Gasteiger partial charge in [-0.05, 0) is 17.8 Å². The van der Waals surface area contributed by atoms with E-state index in [9.17, 15) is 10.1 Å². The molecule has 0 atom stereocenters. The largest absolute Gasteiger partial charge is 0.409 e. The van der Waals surface area contributed by atoms with Gasteiger partial charge in [-0.15, -0.1) is 0 Å². The minimum Gasteiger partial charge on any atom is -0.409 e. The quantitative estimate of drug-likeness (QED) is 0.270. The van der Waals surface area contributed by atoms with E-state index in [2.05, 4.69) is 20.2 Å². The Kier molecular flexibility index (Phi) is 3.79. The van der Waals surface area contributed by atoms with Gasteiger partial charge in [-0.25, -0.2) is 14.6 Å². The number of nitro groups is 1. The Morgan fingerprint density at radius 3 is 2.90 bits per heavy atom. The van der Waals surface area contributed by atoms with Crippen LogP contribution in [0, 0.1) is 10.1 Å². The first-order valence-corrected chi connectivity index (χ1v) is 5.99. The van der Waals surface area contributed by atoms with Crippen LogP contribution < -0.4 is 5.73 Å². The first-order valence-electron chi connectivity index (χ1n) is 5.18. The summed E-state index contributed by atoms with van der Waals surface area (Å²) in [5.41, 5.74) is 4.85. The van der Waals surface area contributed by atoms with Crippen LogP contribution in [0.25, 0.3) is 0 Å². The highest BCUT2D eigenvalue weighted by atomic mass is 32.2. The molecule has 0 amide bonds. The van der Waals surface area contributed by atoms with Crippen molar-refractivity contribution in [2.24, 2.45) is 17.9 Å². The van der Waals surface area contributed by atoms with Crippen molar-refractivity contribution >= 4 is 23.3 Å². The fourth-order valence-electron chi connectivity index (χ4n) is 1.35. The van der Waals surface area contributed by atoms with Crippen LogP contribution in [0.2, 0.25) is 0 Å². The van der Waals surface area contributed by atoms with Crippen molar-refractivity contribution in [1.29, 1.82) is 0 Å². The van der Waals surface area contributed by atoms with E-state index in [0.717, 1.165) is 11.8 Å². The first-order chi connectivity index (χ1) is 9.52. The smallest absolute Gasteiger partial charge is 0.298 e. The third-order valence-corrected chi connectivity index (χ3v) is 3.25. The second-order valence-electron chi connectivity index (χ2n) is 3.53. The van der Waals surface area contributed by atoms with Crippen LogP contribution in [-0.2, 0) is 7.05 Å². The molecule has 0 aliphatic rings. The Morgan fingerprint density at radius 1 is 1.60 bits per heavy atom. The van der Waals surface area contributed by atoms with Crippen molar-refractivity contribution < 1.29 is 10.1 Å². The molecular formula is C9H9N7O3S. The van der Waals surface area contributed by atoms with E-state index in [1.165, 1.54) is 23.1 Å². The summed E-state index contributed by atoms with van der Waals surface area (Å²) in [6.45, 7) is 0. The topological polar surface area (TPSA) is 145 Å². The van der Waals surface area contributed by atoms with Gasteiger partial charge in [0.25, 0.3) is 5.69 Å². The molecule has 0 aromatic carbocycles. The molecule has 0 radical (unpaired) electrons. The molecule has 0 bridgehead atoms. The van der Waals surface area contributed by atoms with Crippen LogP contribution in [0.4, 0.5) is 5.69 Å². The number of rotatable bonds is 4. The predicted molar refractivity (Wildman–Crippen MR) is 68.5 cm³/mol. The molecule has 11 heteroatoms. The van der Waals surface area contributed by atoms with Gasteiger partial charge in [-0.1, -0.05) is 5.16 Å². The summed E-state index contributed by atoms with van der Waals surface area (Å²) in [5, 5.41) is 27.1. The number of hydrogen-bond donors (Lipinski definition) is 2. The highest BCUT2D eigenvalue weighted by Crippen LogP contribution is 2.26. The summed E-state index contributed by atoms with van der Waals surface area (Å²) in [7, 11) is 1.70. The molecule has 104 valence electrons. The lowest BCUT2D eigenvalue weighted by Gasteiger charge is -2.03. The second-order valence-corrected chi connectivity index (χ2v) is 4.52. The number of hydrogen-bond acceptors (Lipinski definition) is 8. The Bertz CT molecular complexity index is 684. The number of aryl methyl sites for hydroxylation is 1. The molecule has 10 nitrogen and oxygen atoms in total. The van der Waals surface area contributed by atoms with E-state index in [1.807, 2.05) is 0 Å². The zero-order chi connectivity index (χ0) is 14.7. The highest BCUT2D eigenvalue weighted by molar-refractivity contribution is 7.99. The minimum atomic E-state index is -0.656. The van der Waals surface area contributed by atoms with Gasteiger partial charge in [0.2, 0.25) is 0 Å². The fraction of sp³-hybridized carbons (Fsp3) is 0.111. The van der Waals surface area contributed by atoms with Crippen molar-refractivity contribution in [3.05, 3.63) is 34.3 Å². The lowest BCUT2D eigenvalue weighted by Crippen LogP contribution is -2.17. The highest BCUT2D eigenvalue weighted by Gasteiger charge is 2.20.